The van der Waals surface area contributed by atoms with Crippen molar-refractivity contribution in [1.82, 2.24) is 0 Å². The molecule has 1 fully saturated rings. The summed E-state index contributed by atoms with van der Waals surface area (Å²) in [5.41, 5.74) is -0.380. The Balaban J connectivity index is 2.58. The lowest BCUT2D eigenvalue weighted by Gasteiger charge is -2.16. The summed E-state index contributed by atoms with van der Waals surface area (Å²) in [6.45, 7) is 3.04. The predicted molar refractivity (Wildman–Crippen MR) is 35.6 cm³/mol. The molecule has 0 N–H and O–H groups in total. The molecule has 0 spiro atoms. The minimum Gasteiger partial charge on any atom is -0.469 e. The van der Waals surface area contributed by atoms with Crippen molar-refractivity contribution in [2.24, 2.45) is 5.41 Å². The summed E-state index contributed by atoms with van der Waals surface area (Å²) >= 11 is 0. The third kappa shape index (κ3) is 1.14. The Morgan fingerprint density at radius 1 is 1.70 bits per heavy atom. The Morgan fingerprint density at radius 2 is 2.40 bits per heavy atom. The van der Waals surface area contributed by atoms with Crippen LogP contribution in [0, 0.1) is 5.41 Å². The standard InChI is InChI=1S/C7H12O3/c1-7(6(8)9-2)3-4-10-5-7/h3-5H2,1-2H3/t7-/m0/s1. The zero-order valence-electron chi connectivity index (χ0n) is 6.35. The van der Waals surface area contributed by atoms with Crippen molar-refractivity contribution >= 4 is 5.97 Å². The van der Waals surface area contributed by atoms with Crippen LogP contribution in [0.5, 0.6) is 0 Å². The van der Waals surface area contributed by atoms with E-state index in [1.165, 1.54) is 7.11 Å². The first-order valence-corrected chi connectivity index (χ1v) is 3.35. The molecule has 0 radical (unpaired) electrons. The lowest BCUT2D eigenvalue weighted by Crippen LogP contribution is -2.29. The Labute approximate surface area is 60.3 Å². The molecule has 1 saturated heterocycles. The van der Waals surface area contributed by atoms with Crippen LogP contribution in [0.4, 0.5) is 0 Å². The Kier molecular flexibility index (Phi) is 1.94. The van der Waals surface area contributed by atoms with E-state index in [0.717, 1.165) is 6.42 Å². The van der Waals surface area contributed by atoms with Crippen LogP contribution in [0.25, 0.3) is 0 Å². The predicted octanol–water partition coefficient (Wildman–Crippen LogP) is 0.586. The number of ether oxygens (including phenoxy) is 2. The number of hydrogen-bond acceptors (Lipinski definition) is 3. The van der Waals surface area contributed by atoms with Crippen molar-refractivity contribution in [3.63, 3.8) is 0 Å². The summed E-state index contributed by atoms with van der Waals surface area (Å²) in [7, 11) is 1.41. The van der Waals surface area contributed by atoms with Crippen LogP contribution < -0.4 is 0 Å². The third-order valence-electron chi connectivity index (χ3n) is 1.90. The normalized spacial score (nSPS) is 32.2. The van der Waals surface area contributed by atoms with Crippen LogP contribution in [0.15, 0.2) is 0 Å². The number of hydrogen-bond donors (Lipinski definition) is 0. The fourth-order valence-electron chi connectivity index (χ4n) is 1.07. The molecule has 1 heterocycles. The molecule has 1 aliphatic rings. The van der Waals surface area contributed by atoms with Gasteiger partial charge in [-0.1, -0.05) is 0 Å². The molecule has 3 nitrogen and oxygen atoms in total. The minimum absolute atomic E-state index is 0.162. The van der Waals surface area contributed by atoms with Crippen LogP contribution in [0.1, 0.15) is 13.3 Å². The van der Waals surface area contributed by atoms with E-state index in [1.54, 1.807) is 0 Å². The van der Waals surface area contributed by atoms with Crippen LogP contribution >= 0.6 is 0 Å². The van der Waals surface area contributed by atoms with E-state index in [9.17, 15) is 4.79 Å². The summed E-state index contributed by atoms with van der Waals surface area (Å²) < 4.78 is 9.70. The van der Waals surface area contributed by atoms with E-state index in [4.69, 9.17) is 4.74 Å². The summed E-state index contributed by atoms with van der Waals surface area (Å²) in [6, 6.07) is 0. The van der Waals surface area contributed by atoms with E-state index < -0.39 is 0 Å². The summed E-state index contributed by atoms with van der Waals surface area (Å²) in [6.07, 6.45) is 0.777. The molecule has 1 atom stereocenters. The summed E-state index contributed by atoms with van der Waals surface area (Å²) in [4.78, 5) is 11.0. The maximum atomic E-state index is 11.0. The highest BCUT2D eigenvalue weighted by molar-refractivity contribution is 5.76. The van der Waals surface area contributed by atoms with Crippen molar-refractivity contribution in [3.8, 4) is 0 Å². The van der Waals surface area contributed by atoms with Gasteiger partial charge < -0.3 is 9.47 Å². The van der Waals surface area contributed by atoms with Crippen LogP contribution in [-0.2, 0) is 14.3 Å². The summed E-state index contributed by atoms with van der Waals surface area (Å²) in [5.74, 6) is -0.162. The van der Waals surface area contributed by atoms with Gasteiger partial charge in [-0.3, -0.25) is 4.79 Å². The Bertz CT molecular complexity index is 136. The van der Waals surface area contributed by atoms with Gasteiger partial charge in [-0.15, -0.1) is 0 Å². The SMILES string of the molecule is COC(=O)[C@@]1(C)CCOC1. The van der Waals surface area contributed by atoms with Gasteiger partial charge in [0.25, 0.3) is 0 Å². The molecule has 0 unspecified atom stereocenters. The lowest BCUT2D eigenvalue weighted by molar-refractivity contribution is -0.151. The fraction of sp³-hybridized carbons (Fsp3) is 0.857. The molecule has 0 aliphatic carbocycles. The van der Waals surface area contributed by atoms with E-state index in [-0.39, 0.29) is 11.4 Å². The molecule has 58 valence electrons. The zero-order valence-corrected chi connectivity index (χ0v) is 6.35. The number of methoxy groups -OCH3 is 1. The second-order valence-electron chi connectivity index (χ2n) is 2.85. The zero-order chi connectivity index (χ0) is 7.61. The van der Waals surface area contributed by atoms with E-state index in [1.807, 2.05) is 6.92 Å². The van der Waals surface area contributed by atoms with Gasteiger partial charge in [0.2, 0.25) is 0 Å². The van der Waals surface area contributed by atoms with Crippen molar-refractivity contribution < 1.29 is 14.3 Å². The average Bonchev–Trinajstić information content (AvgIpc) is 2.36. The van der Waals surface area contributed by atoms with Gasteiger partial charge in [0.05, 0.1) is 19.1 Å². The highest BCUT2D eigenvalue weighted by atomic mass is 16.5. The van der Waals surface area contributed by atoms with Gasteiger partial charge >= 0.3 is 5.97 Å². The molecule has 0 aromatic carbocycles. The monoisotopic (exact) mass is 144 g/mol. The van der Waals surface area contributed by atoms with Gasteiger partial charge in [-0.05, 0) is 13.3 Å². The molecule has 1 aliphatic heterocycles. The molecule has 0 aromatic rings. The number of esters is 1. The third-order valence-corrected chi connectivity index (χ3v) is 1.90. The van der Waals surface area contributed by atoms with Gasteiger partial charge in [0.15, 0.2) is 0 Å². The molecule has 3 heteroatoms. The molecule has 1 rings (SSSR count). The number of carbonyl (C=O) groups excluding carboxylic acids is 1. The first-order chi connectivity index (χ1) is 4.69. The van der Waals surface area contributed by atoms with E-state index >= 15 is 0 Å². The first kappa shape index (κ1) is 7.54. The fourth-order valence-corrected chi connectivity index (χ4v) is 1.07. The maximum absolute atomic E-state index is 11.0. The minimum atomic E-state index is -0.380. The molecular weight excluding hydrogens is 132 g/mol. The molecule has 0 saturated carbocycles. The van der Waals surface area contributed by atoms with Gasteiger partial charge in [0.1, 0.15) is 0 Å². The number of carbonyl (C=O) groups is 1. The van der Waals surface area contributed by atoms with Crippen LogP contribution in [-0.4, -0.2) is 26.3 Å². The quantitative estimate of drug-likeness (QED) is 0.505. The Morgan fingerprint density at radius 3 is 2.80 bits per heavy atom. The van der Waals surface area contributed by atoms with Gasteiger partial charge in [0, 0.05) is 6.61 Å². The molecular formula is C7H12O3. The van der Waals surface area contributed by atoms with Crippen molar-refractivity contribution in [2.45, 2.75) is 13.3 Å². The second-order valence-corrected chi connectivity index (χ2v) is 2.85. The molecule has 0 bridgehead atoms. The highest BCUT2D eigenvalue weighted by Crippen LogP contribution is 2.28. The molecule has 0 aromatic heterocycles. The Hall–Kier alpha value is -0.570. The second kappa shape index (κ2) is 2.58. The van der Waals surface area contributed by atoms with Crippen molar-refractivity contribution in [1.29, 1.82) is 0 Å². The smallest absolute Gasteiger partial charge is 0.313 e. The van der Waals surface area contributed by atoms with Crippen molar-refractivity contribution in [3.05, 3.63) is 0 Å². The first-order valence-electron chi connectivity index (χ1n) is 3.35. The van der Waals surface area contributed by atoms with Crippen LogP contribution in [0.3, 0.4) is 0 Å². The largest absolute Gasteiger partial charge is 0.469 e. The van der Waals surface area contributed by atoms with Gasteiger partial charge in [-0.2, -0.15) is 0 Å². The lowest BCUT2D eigenvalue weighted by atomic mass is 9.90. The number of rotatable bonds is 1. The summed E-state index contributed by atoms with van der Waals surface area (Å²) in [5, 5.41) is 0. The van der Waals surface area contributed by atoms with Crippen LogP contribution in [0.2, 0.25) is 0 Å². The molecule has 10 heavy (non-hydrogen) atoms. The average molecular weight is 144 g/mol. The van der Waals surface area contributed by atoms with Crippen molar-refractivity contribution in [2.75, 3.05) is 20.3 Å². The topological polar surface area (TPSA) is 35.5 Å². The molecule has 0 amide bonds. The van der Waals surface area contributed by atoms with E-state index in [0.29, 0.717) is 13.2 Å². The maximum Gasteiger partial charge on any atom is 0.313 e. The van der Waals surface area contributed by atoms with E-state index in [2.05, 4.69) is 4.74 Å². The highest BCUT2D eigenvalue weighted by Gasteiger charge is 2.38. The van der Waals surface area contributed by atoms with Gasteiger partial charge in [-0.25, -0.2) is 0 Å².